The molecule has 4 rings (SSSR count). The van der Waals surface area contributed by atoms with E-state index in [2.05, 4.69) is 16.4 Å². The Labute approximate surface area is 145 Å². The second-order valence-corrected chi connectivity index (χ2v) is 6.04. The number of para-hydroxylation sites is 1. The number of nitrogens with zero attached hydrogens (tertiary/aromatic N) is 1. The maximum atomic E-state index is 12.1. The quantitative estimate of drug-likeness (QED) is 0.779. The summed E-state index contributed by atoms with van der Waals surface area (Å²) in [5, 5.41) is 2.91. The van der Waals surface area contributed by atoms with E-state index >= 15 is 0 Å². The smallest absolute Gasteiger partial charge is 0.226 e. The van der Waals surface area contributed by atoms with Crippen molar-refractivity contribution in [2.45, 2.75) is 18.9 Å². The van der Waals surface area contributed by atoms with E-state index in [0.717, 1.165) is 17.7 Å². The van der Waals surface area contributed by atoms with Gasteiger partial charge in [0.15, 0.2) is 0 Å². The molecule has 0 saturated carbocycles. The lowest BCUT2D eigenvalue weighted by Gasteiger charge is -2.11. The molecule has 0 saturated heterocycles. The number of nitrogens with one attached hydrogen (secondary N) is 1. The lowest BCUT2D eigenvalue weighted by atomic mass is 10.1. The monoisotopic (exact) mass is 334 g/mol. The van der Waals surface area contributed by atoms with Gasteiger partial charge in [-0.1, -0.05) is 36.4 Å². The fourth-order valence-corrected chi connectivity index (χ4v) is 2.92. The van der Waals surface area contributed by atoms with Crippen molar-refractivity contribution in [2.24, 2.45) is 0 Å². The maximum Gasteiger partial charge on any atom is 0.226 e. The molecule has 1 aromatic heterocycles. The van der Waals surface area contributed by atoms with Crippen LogP contribution in [0.3, 0.4) is 0 Å². The number of aromatic nitrogens is 1. The van der Waals surface area contributed by atoms with Gasteiger partial charge in [0, 0.05) is 12.0 Å². The van der Waals surface area contributed by atoms with Crippen LogP contribution in [0.25, 0.3) is 11.5 Å². The van der Waals surface area contributed by atoms with Crippen LogP contribution in [0.5, 0.6) is 5.75 Å². The summed E-state index contributed by atoms with van der Waals surface area (Å²) in [6, 6.07) is 17.6. The van der Waals surface area contributed by atoms with Crippen molar-refractivity contribution in [3.63, 3.8) is 0 Å². The van der Waals surface area contributed by atoms with Crippen molar-refractivity contribution in [2.75, 3.05) is 6.54 Å². The van der Waals surface area contributed by atoms with Crippen LogP contribution in [-0.2, 0) is 17.6 Å². The molecule has 0 radical (unpaired) electrons. The van der Waals surface area contributed by atoms with Crippen LogP contribution >= 0.6 is 0 Å². The molecule has 1 aliphatic heterocycles. The van der Waals surface area contributed by atoms with Gasteiger partial charge in [-0.25, -0.2) is 4.98 Å². The number of amides is 1. The minimum Gasteiger partial charge on any atom is -0.488 e. The molecule has 1 atom stereocenters. The van der Waals surface area contributed by atoms with Gasteiger partial charge in [-0.3, -0.25) is 4.79 Å². The Morgan fingerprint density at radius 2 is 1.92 bits per heavy atom. The number of rotatable bonds is 5. The Morgan fingerprint density at radius 1 is 1.12 bits per heavy atom. The molecular formula is C20H18N2O3. The highest BCUT2D eigenvalue weighted by Crippen LogP contribution is 2.27. The van der Waals surface area contributed by atoms with Gasteiger partial charge in [-0.05, 0) is 23.8 Å². The molecule has 5 nitrogen and oxygen atoms in total. The summed E-state index contributed by atoms with van der Waals surface area (Å²) in [4.78, 5) is 16.5. The first-order valence-corrected chi connectivity index (χ1v) is 8.29. The summed E-state index contributed by atoms with van der Waals surface area (Å²) in [5.41, 5.74) is 2.70. The van der Waals surface area contributed by atoms with E-state index in [1.807, 2.05) is 48.5 Å². The summed E-state index contributed by atoms with van der Waals surface area (Å²) >= 11 is 0. The van der Waals surface area contributed by atoms with Crippen molar-refractivity contribution in [3.05, 3.63) is 72.1 Å². The van der Waals surface area contributed by atoms with Crippen LogP contribution in [0.4, 0.5) is 0 Å². The van der Waals surface area contributed by atoms with Crippen molar-refractivity contribution in [1.29, 1.82) is 0 Å². The Morgan fingerprint density at radius 3 is 2.76 bits per heavy atom. The summed E-state index contributed by atoms with van der Waals surface area (Å²) in [6.45, 7) is 0.483. The topological polar surface area (TPSA) is 64.4 Å². The zero-order chi connectivity index (χ0) is 17.1. The average molecular weight is 334 g/mol. The molecule has 25 heavy (non-hydrogen) atoms. The molecule has 1 unspecified atom stereocenters. The second-order valence-electron chi connectivity index (χ2n) is 6.04. The van der Waals surface area contributed by atoms with Gasteiger partial charge < -0.3 is 14.5 Å². The molecule has 2 aromatic carbocycles. The molecule has 0 fully saturated rings. The van der Waals surface area contributed by atoms with Crippen LogP contribution in [0.1, 0.15) is 11.3 Å². The van der Waals surface area contributed by atoms with Crippen LogP contribution < -0.4 is 10.1 Å². The predicted octanol–water partition coefficient (Wildman–Crippen LogP) is 3.00. The van der Waals surface area contributed by atoms with Crippen LogP contribution in [0.2, 0.25) is 0 Å². The van der Waals surface area contributed by atoms with Gasteiger partial charge in [-0.2, -0.15) is 0 Å². The highest BCUT2D eigenvalue weighted by molar-refractivity contribution is 5.78. The SMILES string of the molecule is O=C(Cc1coc(-c2ccccc2)n1)NCC1Cc2ccccc2O1. The summed E-state index contributed by atoms with van der Waals surface area (Å²) in [5.74, 6) is 1.34. The van der Waals surface area contributed by atoms with Crippen molar-refractivity contribution < 1.29 is 13.9 Å². The van der Waals surface area contributed by atoms with E-state index in [0.29, 0.717) is 18.1 Å². The van der Waals surface area contributed by atoms with Gasteiger partial charge in [0.2, 0.25) is 11.8 Å². The van der Waals surface area contributed by atoms with Crippen LogP contribution in [-0.4, -0.2) is 23.5 Å². The molecule has 0 aliphatic carbocycles. The Hall–Kier alpha value is -3.08. The van der Waals surface area contributed by atoms with Crippen molar-refractivity contribution >= 4 is 5.91 Å². The molecule has 126 valence electrons. The highest BCUT2D eigenvalue weighted by Gasteiger charge is 2.22. The van der Waals surface area contributed by atoms with Gasteiger partial charge in [0.05, 0.1) is 18.7 Å². The molecule has 1 N–H and O–H groups in total. The van der Waals surface area contributed by atoms with Crippen molar-refractivity contribution in [3.8, 4) is 17.2 Å². The minimum atomic E-state index is -0.0903. The molecule has 5 heteroatoms. The fourth-order valence-electron chi connectivity index (χ4n) is 2.92. The van der Waals surface area contributed by atoms with E-state index in [-0.39, 0.29) is 18.4 Å². The van der Waals surface area contributed by atoms with Gasteiger partial charge in [-0.15, -0.1) is 0 Å². The number of benzene rings is 2. The minimum absolute atomic E-state index is 0.0152. The summed E-state index contributed by atoms with van der Waals surface area (Å²) in [6.07, 6.45) is 2.52. The van der Waals surface area contributed by atoms with Gasteiger partial charge in [0.25, 0.3) is 0 Å². The van der Waals surface area contributed by atoms with Gasteiger partial charge in [0.1, 0.15) is 18.1 Å². The third kappa shape index (κ3) is 3.55. The zero-order valence-electron chi connectivity index (χ0n) is 13.6. The number of carbonyl (C=O) groups is 1. The first-order valence-electron chi connectivity index (χ1n) is 8.29. The average Bonchev–Trinajstić information content (AvgIpc) is 3.27. The molecule has 1 amide bonds. The molecule has 0 spiro atoms. The van der Waals surface area contributed by atoms with Crippen molar-refractivity contribution in [1.82, 2.24) is 10.3 Å². The van der Waals surface area contributed by atoms with E-state index < -0.39 is 0 Å². The predicted molar refractivity (Wildman–Crippen MR) is 93.2 cm³/mol. The third-order valence-corrected chi connectivity index (χ3v) is 4.15. The third-order valence-electron chi connectivity index (χ3n) is 4.15. The van der Waals surface area contributed by atoms with E-state index in [1.54, 1.807) is 0 Å². The fraction of sp³-hybridized carbons (Fsp3) is 0.200. The lowest BCUT2D eigenvalue weighted by molar-refractivity contribution is -0.120. The first-order chi connectivity index (χ1) is 12.3. The number of hydrogen-bond acceptors (Lipinski definition) is 4. The summed E-state index contributed by atoms with van der Waals surface area (Å²) < 4.78 is 11.3. The number of carbonyl (C=O) groups excluding carboxylic acids is 1. The maximum absolute atomic E-state index is 12.1. The second kappa shape index (κ2) is 6.81. The van der Waals surface area contributed by atoms with Gasteiger partial charge >= 0.3 is 0 Å². The largest absolute Gasteiger partial charge is 0.488 e. The number of fused-ring (bicyclic) bond motifs is 1. The first kappa shape index (κ1) is 15.4. The molecular weight excluding hydrogens is 316 g/mol. The number of ether oxygens (including phenoxy) is 1. The zero-order valence-corrected chi connectivity index (χ0v) is 13.6. The Bertz CT molecular complexity index is 848. The Kier molecular flexibility index (Phi) is 4.21. The standard InChI is InChI=1S/C20H18N2O3/c23-19(21-12-17-10-15-8-4-5-9-18(15)25-17)11-16-13-24-20(22-16)14-6-2-1-3-7-14/h1-9,13,17H,10-12H2,(H,21,23). The highest BCUT2D eigenvalue weighted by atomic mass is 16.5. The molecule has 0 bridgehead atoms. The lowest BCUT2D eigenvalue weighted by Crippen LogP contribution is -2.35. The van der Waals surface area contributed by atoms with Crippen LogP contribution in [0, 0.1) is 0 Å². The van der Waals surface area contributed by atoms with E-state index in [4.69, 9.17) is 9.15 Å². The normalized spacial score (nSPS) is 15.4. The molecule has 1 aliphatic rings. The Balaban J connectivity index is 1.29. The molecule has 2 heterocycles. The number of hydrogen-bond donors (Lipinski definition) is 1. The summed E-state index contributed by atoms with van der Waals surface area (Å²) in [7, 11) is 0. The molecule has 3 aromatic rings. The van der Waals surface area contributed by atoms with Crippen LogP contribution in [0.15, 0.2) is 65.3 Å². The van der Waals surface area contributed by atoms with E-state index in [9.17, 15) is 4.79 Å². The van der Waals surface area contributed by atoms with E-state index in [1.165, 1.54) is 11.8 Å². The number of oxazole rings is 1.